The highest BCUT2D eigenvalue weighted by Crippen LogP contribution is 2.09. The van der Waals surface area contributed by atoms with E-state index in [1.165, 1.54) is 12.1 Å². The number of benzene rings is 2. The van der Waals surface area contributed by atoms with Crippen molar-refractivity contribution in [3.8, 4) is 0 Å². The van der Waals surface area contributed by atoms with Gasteiger partial charge in [-0.3, -0.25) is 0 Å². The van der Waals surface area contributed by atoms with Gasteiger partial charge in [0.05, 0.1) is 0 Å². The fourth-order valence-corrected chi connectivity index (χ4v) is 1.31. The maximum absolute atomic E-state index is 12.9. The summed E-state index contributed by atoms with van der Waals surface area (Å²) in [6, 6.07) is 17.1. The van der Waals surface area contributed by atoms with Crippen LogP contribution in [-0.2, 0) is 0 Å². The van der Waals surface area contributed by atoms with Crippen LogP contribution in [0.1, 0.15) is 11.1 Å². The van der Waals surface area contributed by atoms with E-state index in [4.69, 9.17) is 0 Å². The van der Waals surface area contributed by atoms with E-state index in [0.29, 0.717) is 0 Å². The standard InChI is InChI=1S/C14H10F/c15-14-8-4-7-13(11-14)10-9-12-5-2-1-3-6-12/h2-11H. The first-order chi connectivity index (χ1) is 7.34. The van der Waals surface area contributed by atoms with Gasteiger partial charge in [-0.15, -0.1) is 0 Å². The molecule has 0 saturated carbocycles. The lowest BCUT2D eigenvalue weighted by Gasteiger charge is -1.94. The summed E-state index contributed by atoms with van der Waals surface area (Å²) < 4.78 is 12.9. The summed E-state index contributed by atoms with van der Waals surface area (Å²) in [4.78, 5) is 0. The Labute approximate surface area is 88.7 Å². The zero-order valence-electron chi connectivity index (χ0n) is 8.15. The number of halogens is 1. The van der Waals surface area contributed by atoms with Crippen molar-refractivity contribution in [1.29, 1.82) is 0 Å². The third-order valence-electron chi connectivity index (χ3n) is 2.06. The molecule has 2 aromatic carbocycles. The van der Waals surface area contributed by atoms with Gasteiger partial charge in [0, 0.05) is 0 Å². The molecule has 0 aliphatic heterocycles. The first-order valence-electron chi connectivity index (χ1n) is 4.74. The summed E-state index contributed by atoms with van der Waals surface area (Å²) in [6.45, 7) is 0. The van der Waals surface area contributed by atoms with Gasteiger partial charge in [-0.1, -0.05) is 48.6 Å². The molecule has 0 atom stereocenters. The van der Waals surface area contributed by atoms with E-state index in [1.54, 1.807) is 6.07 Å². The maximum Gasteiger partial charge on any atom is 0.123 e. The van der Waals surface area contributed by atoms with Crippen LogP contribution in [0.4, 0.5) is 4.39 Å². The normalized spacial score (nSPS) is 10.7. The van der Waals surface area contributed by atoms with Crippen LogP contribution in [-0.4, -0.2) is 0 Å². The minimum Gasteiger partial charge on any atom is -0.207 e. The first-order valence-corrected chi connectivity index (χ1v) is 4.74. The number of rotatable bonds is 2. The molecule has 15 heavy (non-hydrogen) atoms. The van der Waals surface area contributed by atoms with E-state index < -0.39 is 0 Å². The molecule has 0 aliphatic carbocycles. The highest BCUT2D eigenvalue weighted by molar-refractivity contribution is 5.69. The second-order valence-corrected chi connectivity index (χ2v) is 3.22. The summed E-state index contributed by atoms with van der Waals surface area (Å²) in [7, 11) is 0. The molecule has 73 valence electrons. The van der Waals surface area contributed by atoms with Gasteiger partial charge in [0.2, 0.25) is 0 Å². The minimum atomic E-state index is -0.210. The van der Waals surface area contributed by atoms with Crippen molar-refractivity contribution in [1.82, 2.24) is 0 Å². The van der Waals surface area contributed by atoms with Crippen LogP contribution < -0.4 is 0 Å². The molecular formula is C14H10F. The molecule has 0 bridgehead atoms. The van der Waals surface area contributed by atoms with Gasteiger partial charge in [0.15, 0.2) is 0 Å². The highest BCUT2D eigenvalue weighted by Gasteiger charge is 1.90. The molecule has 1 radical (unpaired) electrons. The van der Waals surface area contributed by atoms with Gasteiger partial charge in [0.1, 0.15) is 5.82 Å². The van der Waals surface area contributed by atoms with Crippen molar-refractivity contribution >= 4 is 12.2 Å². The van der Waals surface area contributed by atoms with Crippen LogP contribution in [0, 0.1) is 11.9 Å². The SMILES string of the molecule is Fc1cccc(C=Cc2cc[c]cc2)c1. The Hall–Kier alpha value is -1.89. The Morgan fingerprint density at radius 2 is 1.67 bits per heavy atom. The summed E-state index contributed by atoms with van der Waals surface area (Å²) in [6.07, 6.45) is 3.83. The van der Waals surface area contributed by atoms with Crippen LogP contribution in [0.15, 0.2) is 48.5 Å². The van der Waals surface area contributed by atoms with Gasteiger partial charge in [-0.25, -0.2) is 4.39 Å². The van der Waals surface area contributed by atoms with E-state index >= 15 is 0 Å². The van der Waals surface area contributed by atoms with E-state index in [-0.39, 0.29) is 5.82 Å². The quantitative estimate of drug-likeness (QED) is 0.642. The topological polar surface area (TPSA) is 0 Å². The van der Waals surface area contributed by atoms with Gasteiger partial charge in [-0.05, 0) is 29.3 Å². The lowest BCUT2D eigenvalue weighted by Crippen LogP contribution is -1.75. The Morgan fingerprint density at radius 3 is 2.40 bits per heavy atom. The molecule has 0 aromatic heterocycles. The van der Waals surface area contributed by atoms with Crippen molar-refractivity contribution in [3.05, 3.63) is 71.5 Å². The second kappa shape index (κ2) is 4.56. The van der Waals surface area contributed by atoms with Crippen molar-refractivity contribution in [2.75, 3.05) is 0 Å². The molecule has 0 amide bonds. The molecular weight excluding hydrogens is 187 g/mol. The van der Waals surface area contributed by atoms with Gasteiger partial charge >= 0.3 is 0 Å². The first kappa shape index (κ1) is 9.66. The fraction of sp³-hybridized carbons (Fsp3) is 0. The predicted molar refractivity (Wildman–Crippen MR) is 60.6 cm³/mol. The zero-order chi connectivity index (χ0) is 10.5. The molecule has 0 heterocycles. The molecule has 2 aromatic rings. The largest absolute Gasteiger partial charge is 0.207 e. The monoisotopic (exact) mass is 197 g/mol. The van der Waals surface area contributed by atoms with Gasteiger partial charge < -0.3 is 0 Å². The summed E-state index contributed by atoms with van der Waals surface area (Å²) in [5.41, 5.74) is 1.95. The Kier molecular flexibility index (Phi) is 2.93. The zero-order valence-corrected chi connectivity index (χ0v) is 8.15. The molecule has 0 aliphatic rings. The van der Waals surface area contributed by atoms with Gasteiger partial charge in [0.25, 0.3) is 0 Å². The Balaban J connectivity index is 2.19. The molecule has 0 unspecified atom stereocenters. The summed E-state index contributed by atoms with van der Waals surface area (Å²) >= 11 is 0. The van der Waals surface area contributed by atoms with Crippen LogP contribution in [0.2, 0.25) is 0 Å². The Bertz CT molecular complexity index is 458. The summed E-state index contributed by atoms with van der Waals surface area (Å²) in [5, 5.41) is 0. The van der Waals surface area contributed by atoms with Crippen molar-refractivity contribution in [2.24, 2.45) is 0 Å². The smallest absolute Gasteiger partial charge is 0.123 e. The fourth-order valence-electron chi connectivity index (χ4n) is 1.31. The number of hydrogen-bond acceptors (Lipinski definition) is 0. The molecule has 0 nitrogen and oxygen atoms in total. The third kappa shape index (κ3) is 2.78. The van der Waals surface area contributed by atoms with Crippen LogP contribution >= 0.6 is 0 Å². The van der Waals surface area contributed by atoms with Crippen molar-refractivity contribution < 1.29 is 4.39 Å². The molecule has 0 N–H and O–H groups in total. The molecule has 2 rings (SSSR count). The van der Waals surface area contributed by atoms with E-state index in [9.17, 15) is 4.39 Å². The third-order valence-corrected chi connectivity index (χ3v) is 2.06. The van der Waals surface area contributed by atoms with Crippen molar-refractivity contribution in [2.45, 2.75) is 0 Å². The predicted octanol–water partition coefficient (Wildman–Crippen LogP) is 3.80. The van der Waals surface area contributed by atoms with E-state index in [0.717, 1.165) is 11.1 Å². The Morgan fingerprint density at radius 1 is 0.933 bits per heavy atom. The van der Waals surface area contributed by atoms with Crippen LogP contribution in [0.5, 0.6) is 0 Å². The van der Waals surface area contributed by atoms with Crippen LogP contribution in [0.25, 0.3) is 12.2 Å². The lowest BCUT2D eigenvalue weighted by atomic mass is 10.1. The average Bonchev–Trinajstić information content (AvgIpc) is 2.28. The minimum absolute atomic E-state index is 0.210. The lowest BCUT2D eigenvalue weighted by molar-refractivity contribution is 0.627. The maximum atomic E-state index is 12.9. The number of hydrogen-bond donors (Lipinski definition) is 0. The van der Waals surface area contributed by atoms with Crippen LogP contribution in [0.3, 0.4) is 0 Å². The highest BCUT2D eigenvalue weighted by atomic mass is 19.1. The molecule has 1 heteroatoms. The van der Waals surface area contributed by atoms with Crippen molar-refractivity contribution in [3.63, 3.8) is 0 Å². The second-order valence-electron chi connectivity index (χ2n) is 3.22. The molecule has 0 fully saturated rings. The summed E-state index contributed by atoms with van der Waals surface area (Å²) in [5.74, 6) is -0.210. The molecule has 0 saturated heterocycles. The average molecular weight is 197 g/mol. The molecule has 0 spiro atoms. The van der Waals surface area contributed by atoms with E-state index in [2.05, 4.69) is 6.07 Å². The van der Waals surface area contributed by atoms with Gasteiger partial charge in [-0.2, -0.15) is 0 Å². The van der Waals surface area contributed by atoms with E-state index in [1.807, 2.05) is 42.5 Å².